The molecule has 0 bridgehead atoms. The summed E-state index contributed by atoms with van der Waals surface area (Å²) in [5, 5.41) is 0. The van der Waals surface area contributed by atoms with Crippen LogP contribution < -0.4 is 0 Å². The molecule has 3 aromatic carbocycles. The van der Waals surface area contributed by atoms with Crippen molar-refractivity contribution >= 4 is 0 Å². The molecule has 0 saturated heterocycles. The fourth-order valence-electron chi connectivity index (χ4n) is 3.43. The zero-order valence-electron chi connectivity index (χ0n) is 11.4. The van der Waals surface area contributed by atoms with Crippen molar-refractivity contribution in [1.82, 2.24) is 0 Å². The Labute approximate surface area is 119 Å². The van der Waals surface area contributed by atoms with Gasteiger partial charge in [0.25, 0.3) is 0 Å². The molecule has 1 unspecified atom stereocenters. The van der Waals surface area contributed by atoms with Crippen molar-refractivity contribution in [3.05, 3.63) is 95.6 Å². The van der Waals surface area contributed by atoms with Crippen molar-refractivity contribution in [2.45, 2.75) is 12.3 Å². The zero-order chi connectivity index (χ0) is 13.6. The molecule has 0 aliphatic heterocycles. The van der Waals surface area contributed by atoms with Gasteiger partial charge in [-0.05, 0) is 40.8 Å². The summed E-state index contributed by atoms with van der Waals surface area (Å²) in [4.78, 5) is 0. The molecule has 0 N–H and O–H groups in total. The molecular weight excluding hydrogens is 240 g/mol. The summed E-state index contributed by atoms with van der Waals surface area (Å²) >= 11 is 0. The van der Waals surface area contributed by atoms with Crippen molar-refractivity contribution in [2.75, 3.05) is 0 Å². The molecular formula is C20H15. The van der Waals surface area contributed by atoms with Gasteiger partial charge in [0.2, 0.25) is 0 Å². The van der Waals surface area contributed by atoms with Gasteiger partial charge in [0.1, 0.15) is 0 Å². The van der Waals surface area contributed by atoms with Crippen molar-refractivity contribution in [2.24, 2.45) is 0 Å². The van der Waals surface area contributed by atoms with E-state index in [4.69, 9.17) is 0 Å². The lowest BCUT2D eigenvalue weighted by atomic mass is 9.74. The quantitative estimate of drug-likeness (QED) is 0.584. The molecule has 0 nitrogen and oxygen atoms in total. The van der Waals surface area contributed by atoms with Gasteiger partial charge in [-0.15, -0.1) is 0 Å². The van der Waals surface area contributed by atoms with Gasteiger partial charge in [-0.25, -0.2) is 0 Å². The van der Waals surface area contributed by atoms with Crippen LogP contribution >= 0.6 is 0 Å². The minimum atomic E-state index is -0.103. The second-order valence-electron chi connectivity index (χ2n) is 5.50. The Kier molecular flexibility index (Phi) is 2.34. The van der Waals surface area contributed by atoms with Gasteiger partial charge in [0.05, 0.1) is 0 Å². The lowest BCUT2D eigenvalue weighted by Gasteiger charge is -2.27. The van der Waals surface area contributed by atoms with Crippen LogP contribution in [0.15, 0.2) is 72.8 Å². The van der Waals surface area contributed by atoms with Gasteiger partial charge in [-0.2, -0.15) is 0 Å². The van der Waals surface area contributed by atoms with Crippen LogP contribution in [0.4, 0.5) is 0 Å². The van der Waals surface area contributed by atoms with E-state index in [0.29, 0.717) is 0 Å². The van der Waals surface area contributed by atoms with Crippen LogP contribution in [-0.2, 0) is 5.41 Å². The van der Waals surface area contributed by atoms with E-state index in [2.05, 4.69) is 79.7 Å². The molecule has 0 heteroatoms. The molecule has 0 amide bonds. The summed E-state index contributed by atoms with van der Waals surface area (Å²) in [5.41, 5.74) is 6.54. The predicted molar refractivity (Wildman–Crippen MR) is 82.7 cm³/mol. The summed E-state index contributed by atoms with van der Waals surface area (Å²) in [6.45, 7) is 2.31. The molecule has 0 saturated carbocycles. The second-order valence-corrected chi connectivity index (χ2v) is 5.50. The number of hydrogen-bond donors (Lipinski definition) is 0. The van der Waals surface area contributed by atoms with Crippen LogP contribution in [0.3, 0.4) is 0 Å². The van der Waals surface area contributed by atoms with E-state index < -0.39 is 0 Å². The first-order chi connectivity index (χ1) is 9.82. The molecule has 0 fully saturated rings. The maximum atomic E-state index is 3.48. The maximum absolute atomic E-state index is 3.48. The first-order valence-electron chi connectivity index (χ1n) is 6.98. The Hall–Kier alpha value is -2.34. The van der Waals surface area contributed by atoms with Crippen LogP contribution in [0, 0.1) is 6.07 Å². The number of rotatable bonds is 1. The van der Waals surface area contributed by atoms with Gasteiger partial charge in [-0.3, -0.25) is 0 Å². The average molecular weight is 255 g/mol. The van der Waals surface area contributed by atoms with Crippen molar-refractivity contribution in [1.29, 1.82) is 0 Å². The minimum Gasteiger partial charge on any atom is -0.0622 e. The molecule has 3 aromatic rings. The van der Waals surface area contributed by atoms with Crippen molar-refractivity contribution < 1.29 is 0 Å². The Balaban J connectivity index is 2.10. The monoisotopic (exact) mass is 255 g/mol. The summed E-state index contributed by atoms with van der Waals surface area (Å²) in [6.07, 6.45) is 0. The highest BCUT2D eigenvalue weighted by Gasteiger charge is 2.40. The number of hydrogen-bond acceptors (Lipinski definition) is 0. The lowest BCUT2D eigenvalue weighted by molar-refractivity contribution is 0.712. The molecule has 4 rings (SSSR count). The van der Waals surface area contributed by atoms with Crippen LogP contribution in [0.1, 0.15) is 23.6 Å². The third-order valence-electron chi connectivity index (χ3n) is 4.46. The van der Waals surface area contributed by atoms with Gasteiger partial charge in [0.15, 0.2) is 0 Å². The zero-order valence-corrected chi connectivity index (χ0v) is 11.4. The van der Waals surface area contributed by atoms with Gasteiger partial charge in [-0.1, -0.05) is 72.8 Å². The van der Waals surface area contributed by atoms with E-state index in [1.807, 2.05) is 6.07 Å². The number of fused-ring (bicyclic) bond motifs is 3. The Bertz CT molecular complexity index is 723. The summed E-state index contributed by atoms with van der Waals surface area (Å²) in [5.74, 6) is 0. The van der Waals surface area contributed by atoms with E-state index in [-0.39, 0.29) is 5.41 Å². The minimum absolute atomic E-state index is 0.103. The molecule has 1 aliphatic rings. The molecule has 95 valence electrons. The average Bonchev–Trinajstić information content (AvgIpc) is 2.80. The Morgan fingerprint density at radius 2 is 1.45 bits per heavy atom. The highest BCUT2D eigenvalue weighted by atomic mass is 14.4. The molecule has 1 atom stereocenters. The van der Waals surface area contributed by atoms with Crippen molar-refractivity contribution in [3.8, 4) is 11.1 Å². The smallest absolute Gasteiger partial charge is 0.0441 e. The SMILES string of the molecule is CC1(c2ccccc2)c2[c]cccc2-c2ccccc21. The van der Waals surface area contributed by atoms with Crippen LogP contribution in [-0.4, -0.2) is 0 Å². The molecule has 0 heterocycles. The summed E-state index contributed by atoms with van der Waals surface area (Å²) < 4.78 is 0. The van der Waals surface area contributed by atoms with Crippen molar-refractivity contribution in [3.63, 3.8) is 0 Å². The van der Waals surface area contributed by atoms with E-state index >= 15 is 0 Å². The topological polar surface area (TPSA) is 0 Å². The summed E-state index contributed by atoms with van der Waals surface area (Å²) in [6, 6.07) is 29.2. The van der Waals surface area contributed by atoms with E-state index in [1.54, 1.807) is 0 Å². The standard InChI is InChI=1S/C20H15/c1-20(15-9-3-2-4-10-15)18-13-7-5-11-16(18)17-12-6-8-14-19(17)20/h2-13H,1H3. The predicted octanol–water partition coefficient (Wildman–Crippen LogP) is 4.82. The highest BCUT2D eigenvalue weighted by molar-refractivity contribution is 5.82. The van der Waals surface area contributed by atoms with E-state index in [1.165, 1.54) is 27.8 Å². The Morgan fingerprint density at radius 3 is 2.30 bits per heavy atom. The highest BCUT2D eigenvalue weighted by Crippen LogP contribution is 2.51. The number of benzene rings is 3. The van der Waals surface area contributed by atoms with Gasteiger partial charge in [0, 0.05) is 5.41 Å². The van der Waals surface area contributed by atoms with Gasteiger partial charge < -0.3 is 0 Å². The Morgan fingerprint density at radius 1 is 0.750 bits per heavy atom. The fourth-order valence-corrected chi connectivity index (χ4v) is 3.43. The molecule has 20 heavy (non-hydrogen) atoms. The molecule has 0 spiro atoms. The van der Waals surface area contributed by atoms with Gasteiger partial charge >= 0.3 is 0 Å². The maximum Gasteiger partial charge on any atom is 0.0441 e. The largest absolute Gasteiger partial charge is 0.0622 e. The molecule has 1 radical (unpaired) electrons. The van der Waals surface area contributed by atoms with E-state index in [9.17, 15) is 0 Å². The van der Waals surface area contributed by atoms with Crippen LogP contribution in [0.25, 0.3) is 11.1 Å². The fraction of sp³-hybridized carbons (Fsp3) is 0.100. The third kappa shape index (κ3) is 1.36. The molecule has 0 aromatic heterocycles. The first-order valence-corrected chi connectivity index (χ1v) is 6.98. The summed E-state index contributed by atoms with van der Waals surface area (Å²) in [7, 11) is 0. The third-order valence-corrected chi connectivity index (χ3v) is 4.46. The van der Waals surface area contributed by atoms with Crippen LogP contribution in [0.5, 0.6) is 0 Å². The normalized spacial score (nSPS) is 14.7. The van der Waals surface area contributed by atoms with E-state index in [0.717, 1.165) is 0 Å². The second kappa shape index (κ2) is 4.08. The van der Waals surface area contributed by atoms with Crippen LogP contribution in [0.2, 0.25) is 0 Å². The first kappa shape index (κ1) is 11.5. The molecule has 1 aliphatic carbocycles. The lowest BCUT2D eigenvalue weighted by Crippen LogP contribution is -2.22.